The fourth-order valence-corrected chi connectivity index (χ4v) is 7.45. The molecule has 8 nitrogen and oxygen atoms in total. The molecule has 0 aromatic heterocycles. The highest BCUT2D eigenvalue weighted by molar-refractivity contribution is 9.09. The molecule has 3 fully saturated rings. The van der Waals surface area contributed by atoms with Crippen molar-refractivity contribution in [2.45, 2.75) is 100 Å². The van der Waals surface area contributed by atoms with Crippen molar-refractivity contribution < 1.29 is 29.0 Å². The molecule has 38 heavy (non-hydrogen) atoms. The normalized spacial score (nSPS) is 30.3. The van der Waals surface area contributed by atoms with E-state index >= 15 is 0 Å². The van der Waals surface area contributed by atoms with E-state index in [0.29, 0.717) is 32.4 Å². The van der Waals surface area contributed by atoms with E-state index in [0.717, 1.165) is 38.5 Å². The number of carbonyl (C=O) groups is 3. The molecule has 3 aliphatic rings. The summed E-state index contributed by atoms with van der Waals surface area (Å²) < 4.78 is 12.2. The van der Waals surface area contributed by atoms with Crippen molar-refractivity contribution in [3.05, 3.63) is 25.3 Å². The number of ether oxygens (including phenoxy) is 2. The third-order valence-corrected chi connectivity index (χ3v) is 9.09. The number of fused-ring (bicyclic) bond motifs is 1. The molecule has 1 N–H and O–H groups in total. The number of alkyl halides is 1. The zero-order valence-electron chi connectivity index (χ0n) is 23.0. The zero-order valence-corrected chi connectivity index (χ0v) is 24.6. The number of carbonyl (C=O) groups excluding carboxylic acids is 3. The third-order valence-electron chi connectivity index (χ3n) is 8.25. The van der Waals surface area contributed by atoms with Gasteiger partial charge in [-0.3, -0.25) is 14.4 Å². The number of hydrogen-bond donors (Lipinski definition) is 1. The fourth-order valence-electron chi connectivity index (χ4n) is 6.51. The molecule has 0 radical (unpaired) electrons. The molecular weight excluding hydrogens is 552 g/mol. The lowest BCUT2D eigenvalue weighted by Crippen LogP contribution is -2.58. The Morgan fingerprint density at radius 2 is 2.03 bits per heavy atom. The molecule has 3 heterocycles. The average molecular weight is 598 g/mol. The first-order chi connectivity index (χ1) is 18.3. The number of esters is 1. The monoisotopic (exact) mass is 596 g/mol. The number of nitrogens with zero attached hydrogens (tertiary/aromatic N) is 2. The largest absolute Gasteiger partial charge is 0.465 e. The van der Waals surface area contributed by atoms with Gasteiger partial charge < -0.3 is 24.4 Å². The van der Waals surface area contributed by atoms with Crippen molar-refractivity contribution in [2.24, 2.45) is 11.8 Å². The van der Waals surface area contributed by atoms with E-state index in [1.807, 2.05) is 13.0 Å². The number of allylic oxidation sites excluding steroid dienone is 1. The zero-order chi connectivity index (χ0) is 27.9. The summed E-state index contributed by atoms with van der Waals surface area (Å²) in [5, 5.41) is 9.22. The van der Waals surface area contributed by atoms with Gasteiger partial charge in [-0.15, -0.1) is 13.2 Å². The molecular formula is C29H45BrN2O6. The van der Waals surface area contributed by atoms with E-state index in [1.165, 1.54) is 0 Å². The lowest BCUT2D eigenvalue weighted by molar-refractivity contribution is -0.155. The highest BCUT2D eigenvalue weighted by Gasteiger charge is 2.77. The number of rotatable bonds is 17. The summed E-state index contributed by atoms with van der Waals surface area (Å²) in [6.07, 6.45) is 9.75. The van der Waals surface area contributed by atoms with Crippen LogP contribution in [-0.4, -0.2) is 87.6 Å². The number of aliphatic hydroxyl groups is 1. The van der Waals surface area contributed by atoms with E-state index in [4.69, 9.17) is 9.47 Å². The van der Waals surface area contributed by atoms with Gasteiger partial charge in [0.2, 0.25) is 11.8 Å². The van der Waals surface area contributed by atoms with Gasteiger partial charge in [-0.1, -0.05) is 41.4 Å². The van der Waals surface area contributed by atoms with E-state index < -0.39 is 35.6 Å². The summed E-state index contributed by atoms with van der Waals surface area (Å²) in [6.45, 7) is 12.8. The second-order valence-corrected chi connectivity index (χ2v) is 12.0. The molecule has 0 aliphatic carbocycles. The highest BCUT2D eigenvalue weighted by atomic mass is 79.9. The Morgan fingerprint density at radius 3 is 2.68 bits per heavy atom. The summed E-state index contributed by atoms with van der Waals surface area (Å²) >= 11 is 3.71. The SMILES string of the molecule is C=CCCCCOC(=O)[C@H]1[C@H]2C(=O)N(CCCCCO)C(C(=O)N(CC=C)C(C)CCC)C23CC(Br)[C@@H]1O3. The van der Waals surface area contributed by atoms with Crippen LogP contribution in [0, 0.1) is 11.8 Å². The van der Waals surface area contributed by atoms with Gasteiger partial charge in [-0.2, -0.15) is 0 Å². The molecule has 1 spiro atoms. The second-order valence-electron chi connectivity index (χ2n) is 10.8. The number of aliphatic hydroxyl groups excluding tert-OH is 1. The Balaban J connectivity index is 1.92. The van der Waals surface area contributed by atoms with E-state index in [2.05, 4.69) is 36.0 Å². The maximum atomic E-state index is 14.3. The van der Waals surface area contributed by atoms with Crippen LogP contribution in [0.15, 0.2) is 25.3 Å². The van der Waals surface area contributed by atoms with Gasteiger partial charge in [0.05, 0.1) is 24.5 Å². The van der Waals surface area contributed by atoms with Crippen LogP contribution in [0.3, 0.4) is 0 Å². The van der Waals surface area contributed by atoms with Gasteiger partial charge in [0, 0.05) is 30.6 Å². The summed E-state index contributed by atoms with van der Waals surface area (Å²) in [4.78, 5) is 45.0. The minimum Gasteiger partial charge on any atom is -0.465 e. The van der Waals surface area contributed by atoms with Gasteiger partial charge in [-0.05, 0) is 58.3 Å². The number of hydrogen-bond acceptors (Lipinski definition) is 6. The smallest absolute Gasteiger partial charge is 0.312 e. The van der Waals surface area contributed by atoms with Gasteiger partial charge in [-0.25, -0.2) is 0 Å². The standard InChI is InChI=1S/C29H45BrN2O6/c1-5-8-9-13-18-37-28(36)22-23-26(34)32(16-11-10-12-17-33)25(29(23)19-21(30)24(22)38-29)27(35)31(15-7-3)20(4)14-6-2/h5,7,20-25,33H,1,3,6,8-19H2,2,4H3/t20?,21?,22-,23-,24-,25?,29?/m0/s1. The van der Waals surface area contributed by atoms with Crippen LogP contribution in [0.4, 0.5) is 0 Å². The van der Waals surface area contributed by atoms with Crippen LogP contribution < -0.4 is 0 Å². The second kappa shape index (κ2) is 14.1. The van der Waals surface area contributed by atoms with Crippen molar-refractivity contribution in [3.63, 3.8) is 0 Å². The Bertz CT molecular complexity index is 868. The van der Waals surface area contributed by atoms with E-state index in [-0.39, 0.29) is 35.9 Å². The first-order valence-electron chi connectivity index (χ1n) is 14.2. The first kappa shape index (κ1) is 30.8. The fraction of sp³-hybridized carbons (Fsp3) is 0.759. The van der Waals surface area contributed by atoms with Gasteiger partial charge >= 0.3 is 5.97 Å². The molecule has 0 aromatic rings. The summed E-state index contributed by atoms with van der Waals surface area (Å²) in [5.74, 6) is -2.28. The molecule has 3 rings (SSSR count). The topological polar surface area (TPSA) is 96.4 Å². The summed E-state index contributed by atoms with van der Waals surface area (Å²) in [6, 6.07) is -0.842. The van der Waals surface area contributed by atoms with Gasteiger partial charge in [0.1, 0.15) is 11.6 Å². The van der Waals surface area contributed by atoms with Crippen molar-refractivity contribution in [3.8, 4) is 0 Å². The Kier molecular flexibility index (Phi) is 11.4. The molecule has 0 saturated carbocycles. The van der Waals surface area contributed by atoms with Crippen LogP contribution in [0.5, 0.6) is 0 Å². The molecule has 4 unspecified atom stereocenters. The number of likely N-dealkylation sites (tertiary alicyclic amines) is 1. The highest BCUT2D eigenvalue weighted by Crippen LogP contribution is 2.60. The molecule has 7 atom stereocenters. The number of unbranched alkanes of at least 4 members (excludes halogenated alkanes) is 4. The van der Waals surface area contributed by atoms with Crippen LogP contribution >= 0.6 is 15.9 Å². The average Bonchev–Trinajstić information content (AvgIpc) is 3.48. The minimum absolute atomic E-state index is 0.0259. The Labute approximate surface area is 235 Å². The van der Waals surface area contributed by atoms with Crippen LogP contribution in [0.2, 0.25) is 0 Å². The molecule has 3 saturated heterocycles. The minimum atomic E-state index is -1.08. The quantitative estimate of drug-likeness (QED) is 0.118. The molecule has 3 aliphatic heterocycles. The maximum absolute atomic E-state index is 14.3. The van der Waals surface area contributed by atoms with Crippen molar-refractivity contribution in [1.82, 2.24) is 9.80 Å². The predicted octanol–water partition coefficient (Wildman–Crippen LogP) is 4.00. The van der Waals surface area contributed by atoms with Crippen molar-refractivity contribution in [2.75, 3.05) is 26.3 Å². The van der Waals surface area contributed by atoms with Crippen LogP contribution in [0.25, 0.3) is 0 Å². The lowest BCUT2D eigenvalue weighted by atomic mass is 9.70. The van der Waals surface area contributed by atoms with Gasteiger partial charge in [0.25, 0.3) is 0 Å². The Hall–Kier alpha value is -1.71. The summed E-state index contributed by atoms with van der Waals surface area (Å²) in [7, 11) is 0. The summed E-state index contributed by atoms with van der Waals surface area (Å²) in [5.41, 5.74) is -1.08. The van der Waals surface area contributed by atoms with Crippen molar-refractivity contribution in [1.29, 1.82) is 0 Å². The van der Waals surface area contributed by atoms with E-state index in [1.54, 1.807) is 15.9 Å². The molecule has 2 bridgehead atoms. The molecule has 214 valence electrons. The van der Waals surface area contributed by atoms with E-state index in [9.17, 15) is 19.5 Å². The third kappa shape index (κ3) is 6.04. The lowest BCUT2D eigenvalue weighted by Gasteiger charge is -2.39. The predicted molar refractivity (Wildman–Crippen MR) is 150 cm³/mol. The number of halogens is 1. The maximum Gasteiger partial charge on any atom is 0.312 e. The number of amides is 2. The Morgan fingerprint density at radius 1 is 1.26 bits per heavy atom. The van der Waals surface area contributed by atoms with Gasteiger partial charge in [0.15, 0.2) is 0 Å². The van der Waals surface area contributed by atoms with Crippen molar-refractivity contribution >= 4 is 33.7 Å². The van der Waals surface area contributed by atoms with Crippen LogP contribution in [0.1, 0.15) is 71.6 Å². The molecule has 2 amide bonds. The molecule has 9 heteroatoms. The molecule has 0 aromatic carbocycles. The first-order valence-corrected chi connectivity index (χ1v) is 15.1. The van der Waals surface area contributed by atoms with Crippen LogP contribution in [-0.2, 0) is 23.9 Å².